The molecule has 0 radical (unpaired) electrons. The highest BCUT2D eigenvalue weighted by molar-refractivity contribution is 5.74. The van der Waals surface area contributed by atoms with Crippen LogP contribution in [0.4, 0.5) is 0 Å². The number of rotatable bonds is 7. The monoisotopic (exact) mass is 248 g/mol. The molecule has 0 bridgehead atoms. The van der Waals surface area contributed by atoms with E-state index >= 15 is 0 Å². The molecule has 0 atom stereocenters. The second kappa shape index (κ2) is 6.40. The number of methoxy groups -OCH3 is 1. The van der Waals surface area contributed by atoms with Gasteiger partial charge >= 0.3 is 0 Å². The van der Waals surface area contributed by atoms with Crippen LogP contribution in [0, 0.1) is 0 Å². The van der Waals surface area contributed by atoms with E-state index in [1.165, 1.54) is 12.8 Å². The summed E-state index contributed by atoms with van der Waals surface area (Å²) in [5, 5.41) is 0. The average molecular weight is 248 g/mol. The second-order valence-corrected chi connectivity index (χ2v) is 4.39. The molecule has 18 heavy (non-hydrogen) atoms. The van der Waals surface area contributed by atoms with E-state index in [4.69, 9.17) is 14.9 Å². The van der Waals surface area contributed by atoms with Crippen molar-refractivity contribution < 1.29 is 9.15 Å². The Morgan fingerprint density at radius 1 is 1.22 bits per heavy atom. The van der Waals surface area contributed by atoms with Crippen LogP contribution in [0.2, 0.25) is 0 Å². The molecule has 4 heteroatoms. The topological polar surface area (TPSA) is 61.3 Å². The highest BCUT2D eigenvalue weighted by Gasteiger charge is 2.06. The summed E-state index contributed by atoms with van der Waals surface area (Å²) in [7, 11) is 1.65. The first-order chi connectivity index (χ1) is 8.83. The van der Waals surface area contributed by atoms with Crippen LogP contribution in [0.3, 0.4) is 0 Å². The van der Waals surface area contributed by atoms with Crippen LogP contribution in [0.1, 0.15) is 31.6 Å². The van der Waals surface area contributed by atoms with Gasteiger partial charge in [-0.05, 0) is 31.5 Å². The zero-order valence-electron chi connectivity index (χ0n) is 10.8. The molecule has 2 aromatic rings. The van der Waals surface area contributed by atoms with Crippen LogP contribution in [-0.2, 0) is 6.42 Å². The fraction of sp³-hybridized carbons (Fsp3) is 0.500. The lowest BCUT2D eigenvalue weighted by molar-refractivity contribution is 0.415. The number of fused-ring (bicyclic) bond motifs is 1. The summed E-state index contributed by atoms with van der Waals surface area (Å²) in [5.41, 5.74) is 7.15. The summed E-state index contributed by atoms with van der Waals surface area (Å²) >= 11 is 0. The van der Waals surface area contributed by atoms with Crippen LogP contribution in [-0.4, -0.2) is 18.6 Å². The second-order valence-electron chi connectivity index (χ2n) is 4.39. The summed E-state index contributed by atoms with van der Waals surface area (Å²) in [6, 6.07) is 5.69. The number of oxazole rings is 1. The zero-order chi connectivity index (χ0) is 12.8. The lowest BCUT2D eigenvalue weighted by Gasteiger charge is -1.96. The van der Waals surface area contributed by atoms with Crippen LogP contribution >= 0.6 is 0 Å². The quantitative estimate of drug-likeness (QED) is 0.765. The summed E-state index contributed by atoms with van der Waals surface area (Å²) < 4.78 is 10.8. The van der Waals surface area contributed by atoms with Crippen molar-refractivity contribution in [1.29, 1.82) is 0 Å². The van der Waals surface area contributed by atoms with Gasteiger partial charge in [-0.1, -0.05) is 12.8 Å². The van der Waals surface area contributed by atoms with Gasteiger partial charge in [0, 0.05) is 12.5 Å². The maximum absolute atomic E-state index is 5.68. The predicted molar refractivity (Wildman–Crippen MR) is 71.8 cm³/mol. The van der Waals surface area contributed by atoms with Gasteiger partial charge < -0.3 is 14.9 Å². The van der Waals surface area contributed by atoms with Crippen molar-refractivity contribution in [3.05, 3.63) is 24.1 Å². The number of hydrogen-bond donors (Lipinski definition) is 1. The van der Waals surface area contributed by atoms with Crippen molar-refractivity contribution in [3.63, 3.8) is 0 Å². The molecule has 0 aliphatic heterocycles. The number of aromatic nitrogens is 1. The molecule has 0 aliphatic rings. The predicted octanol–water partition coefficient (Wildman–Crippen LogP) is 2.90. The van der Waals surface area contributed by atoms with Crippen LogP contribution in [0.15, 0.2) is 22.6 Å². The third kappa shape index (κ3) is 3.23. The first-order valence-corrected chi connectivity index (χ1v) is 6.47. The number of unbranched alkanes of at least 4 members (excludes halogenated alkanes) is 3. The Morgan fingerprint density at radius 3 is 2.83 bits per heavy atom. The Morgan fingerprint density at radius 2 is 2.06 bits per heavy atom. The van der Waals surface area contributed by atoms with E-state index in [0.29, 0.717) is 0 Å². The molecule has 0 unspecified atom stereocenters. The van der Waals surface area contributed by atoms with Gasteiger partial charge in [-0.3, -0.25) is 0 Å². The molecule has 2 rings (SSSR count). The maximum atomic E-state index is 5.68. The SMILES string of the molecule is COc1ccc2oc(CCCCCCN)nc2c1. The van der Waals surface area contributed by atoms with E-state index < -0.39 is 0 Å². The standard InChI is InChI=1S/C14H20N2O2/c1-17-11-7-8-13-12(10-11)16-14(18-13)6-4-2-3-5-9-15/h7-8,10H,2-6,9,15H2,1H3. The van der Waals surface area contributed by atoms with Crippen molar-refractivity contribution in [2.45, 2.75) is 32.1 Å². The minimum absolute atomic E-state index is 0.780. The Labute approximate surface area is 107 Å². The molecule has 1 aromatic heterocycles. The minimum atomic E-state index is 0.780. The number of hydrogen-bond acceptors (Lipinski definition) is 4. The lowest BCUT2D eigenvalue weighted by Crippen LogP contribution is -1.97. The molecule has 0 amide bonds. The fourth-order valence-corrected chi connectivity index (χ4v) is 1.96. The molecule has 0 saturated carbocycles. The molecule has 1 aromatic carbocycles. The number of aryl methyl sites for hydroxylation is 1. The van der Waals surface area contributed by atoms with Gasteiger partial charge in [0.15, 0.2) is 11.5 Å². The van der Waals surface area contributed by atoms with E-state index in [-0.39, 0.29) is 0 Å². The largest absolute Gasteiger partial charge is 0.497 e. The summed E-state index contributed by atoms with van der Waals surface area (Å²) in [5.74, 6) is 1.62. The van der Waals surface area contributed by atoms with E-state index in [1.807, 2.05) is 18.2 Å². The van der Waals surface area contributed by atoms with E-state index in [2.05, 4.69) is 4.98 Å². The van der Waals surface area contributed by atoms with Gasteiger partial charge in [0.05, 0.1) is 7.11 Å². The highest BCUT2D eigenvalue weighted by atomic mass is 16.5. The molecule has 0 fully saturated rings. The van der Waals surface area contributed by atoms with Crippen LogP contribution < -0.4 is 10.5 Å². The lowest BCUT2D eigenvalue weighted by atomic mass is 10.1. The normalized spacial score (nSPS) is 11.0. The molecule has 0 saturated heterocycles. The number of nitrogens with two attached hydrogens (primary N) is 1. The molecule has 4 nitrogen and oxygen atoms in total. The maximum Gasteiger partial charge on any atom is 0.195 e. The Balaban J connectivity index is 1.93. The molecule has 2 N–H and O–H groups in total. The molecule has 0 spiro atoms. The average Bonchev–Trinajstić information content (AvgIpc) is 2.80. The van der Waals surface area contributed by atoms with E-state index in [9.17, 15) is 0 Å². The molecule has 98 valence electrons. The van der Waals surface area contributed by atoms with Crippen molar-refractivity contribution in [2.75, 3.05) is 13.7 Å². The van der Waals surface area contributed by atoms with Crippen molar-refractivity contribution in [1.82, 2.24) is 4.98 Å². The van der Waals surface area contributed by atoms with Gasteiger partial charge in [0.25, 0.3) is 0 Å². The number of nitrogens with zero attached hydrogens (tertiary/aromatic N) is 1. The van der Waals surface area contributed by atoms with Gasteiger partial charge in [0.2, 0.25) is 0 Å². The van der Waals surface area contributed by atoms with Crippen molar-refractivity contribution in [2.24, 2.45) is 5.73 Å². The first-order valence-electron chi connectivity index (χ1n) is 6.47. The van der Waals surface area contributed by atoms with Crippen LogP contribution in [0.5, 0.6) is 5.75 Å². The fourth-order valence-electron chi connectivity index (χ4n) is 1.96. The summed E-state index contributed by atoms with van der Waals surface area (Å²) in [4.78, 5) is 4.47. The van der Waals surface area contributed by atoms with Crippen molar-refractivity contribution >= 4 is 11.1 Å². The number of ether oxygens (including phenoxy) is 1. The molecular formula is C14H20N2O2. The Hall–Kier alpha value is -1.55. The van der Waals surface area contributed by atoms with Gasteiger partial charge in [-0.2, -0.15) is 0 Å². The molecule has 1 heterocycles. The van der Waals surface area contributed by atoms with Crippen molar-refractivity contribution in [3.8, 4) is 5.75 Å². The smallest absolute Gasteiger partial charge is 0.195 e. The minimum Gasteiger partial charge on any atom is -0.497 e. The summed E-state index contributed by atoms with van der Waals surface area (Å²) in [6.07, 6.45) is 5.46. The van der Waals surface area contributed by atoms with Gasteiger partial charge in [0.1, 0.15) is 11.3 Å². The third-order valence-electron chi connectivity index (χ3n) is 2.98. The molecular weight excluding hydrogens is 228 g/mol. The molecule has 0 aliphatic carbocycles. The number of benzene rings is 1. The Bertz CT molecular complexity index is 493. The van der Waals surface area contributed by atoms with Gasteiger partial charge in [-0.25, -0.2) is 4.98 Å². The van der Waals surface area contributed by atoms with Crippen LogP contribution in [0.25, 0.3) is 11.1 Å². The summed E-state index contributed by atoms with van der Waals surface area (Å²) in [6.45, 7) is 0.780. The van der Waals surface area contributed by atoms with E-state index in [0.717, 1.165) is 48.5 Å². The van der Waals surface area contributed by atoms with Gasteiger partial charge in [-0.15, -0.1) is 0 Å². The highest BCUT2D eigenvalue weighted by Crippen LogP contribution is 2.22. The Kier molecular flexibility index (Phi) is 4.59. The zero-order valence-corrected chi connectivity index (χ0v) is 10.8. The third-order valence-corrected chi connectivity index (χ3v) is 2.98. The van der Waals surface area contributed by atoms with E-state index in [1.54, 1.807) is 7.11 Å². The first kappa shape index (κ1) is 12.9.